The average Bonchev–Trinajstić information content (AvgIpc) is 2.46. The van der Waals surface area contributed by atoms with E-state index in [0.717, 1.165) is 5.69 Å². The molecule has 3 nitrogen and oxygen atoms in total. The number of para-hydroxylation sites is 2. The second kappa shape index (κ2) is 5.56. The van der Waals surface area contributed by atoms with E-state index in [1.54, 1.807) is 18.2 Å². The Hall–Kier alpha value is -2.00. The SMILES string of the molecule is COC(=O)c1ccccc1N(Cl)c1ccccc1. The van der Waals surface area contributed by atoms with Crippen molar-refractivity contribution in [2.75, 3.05) is 11.5 Å². The molecule has 0 saturated carbocycles. The smallest absolute Gasteiger partial charge is 0.340 e. The monoisotopic (exact) mass is 261 g/mol. The first-order chi connectivity index (χ1) is 8.74. The Labute approximate surface area is 111 Å². The molecular weight excluding hydrogens is 250 g/mol. The summed E-state index contributed by atoms with van der Waals surface area (Å²) in [6, 6.07) is 16.4. The number of anilines is 2. The number of ether oxygens (including phenoxy) is 1. The maximum Gasteiger partial charge on any atom is 0.340 e. The fourth-order valence-corrected chi connectivity index (χ4v) is 1.89. The molecule has 0 aliphatic heterocycles. The summed E-state index contributed by atoms with van der Waals surface area (Å²) in [5, 5.41) is 0. The molecule has 2 aromatic carbocycles. The lowest BCUT2D eigenvalue weighted by molar-refractivity contribution is 0.0601. The van der Waals surface area contributed by atoms with Crippen molar-refractivity contribution in [2.45, 2.75) is 0 Å². The highest BCUT2D eigenvalue weighted by Gasteiger charge is 2.16. The number of methoxy groups -OCH3 is 1. The minimum atomic E-state index is -0.410. The number of carbonyl (C=O) groups excluding carboxylic acids is 1. The van der Waals surface area contributed by atoms with Gasteiger partial charge in [0.25, 0.3) is 0 Å². The van der Waals surface area contributed by atoms with Crippen LogP contribution in [0, 0.1) is 0 Å². The van der Waals surface area contributed by atoms with E-state index in [4.69, 9.17) is 16.5 Å². The predicted octanol–water partition coefficient (Wildman–Crippen LogP) is 3.77. The molecule has 4 heteroatoms. The second-order valence-corrected chi connectivity index (χ2v) is 3.96. The van der Waals surface area contributed by atoms with Crippen LogP contribution in [0.3, 0.4) is 0 Å². The van der Waals surface area contributed by atoms with E-state index < -0.39 is 5.97 Å². The number of halogens is 1. The molecule has 0 aliphatic carbocycles. The van der Waals surface area contributed by atoms with Crippen LogP contribution in [-0.4, -0.2) is 13.1 Å². The van der Waals surface area contributed by atoms with Crippen LogP contribution in [0.1, 0.15) is 10.4 Å². The second-order valence-electron chi connectivity index (χ2n) is 3.63. The number of nitrogens with zero attached hydrogens (tertiary/aromatic N) is 1. The van der Waals surface area contributed by atoms with Gasteiger partial charge in [-0.3, -0.25) is 4.42 Å². The zero-order chi connectivity index (χ0) is 13.0. The summed E-state index contributed by atoms with van der Waals surface area (Å²) < 4.78 is 6.18. The van der Waals surface area contributed by atoms with Crippen LogP contribution < -0.4 is 4.42 Å². The summed E-state index contributed by atoms with van der Waals surface area (Å²) >= 11 is 6.26. The summed E-state index contributed by atoms with van der Waals surface area (Å²) in [5.74, 6) is -0.410. The molecule has 0 aliphatic rings. The first-order valence-electron chi connectivity index (χ1n) is 5.42. The maximum atomic E-state index is 11.7. The van der Waals surface area contributed by atoms with Gasteiger partial charge in [-0.2, -0.15) is 0 Å². The Balaban J connectivity index is 2.42. The lowest BCUT2D eigenvalue weighted by atomic mass is 10.1. The predicted molar refractivity (Wildman–Crippen MR) is 72.2 cm³/mol. The molecule has 0 saturated heterocycles. The summed E-state index contributed by atoms with van der Waals surface area (Å²) in [4.78, 5) is 11.7. The first-order valence-corrected chi connectivity index (χ1v) is 5.76. The van der Waals surface area contributed by atoms with Crippen molar-refractivity contribution in [1.29, 1.82) is 0 Å². The zero-order valence-electron chi connectivity index (χ0n) is 9.84. The fourth-order valence-electron chi connectivity index (χ4n) is 1.63. The van der Waals surface area contributed by atoms with E-state index >= 15 is 0 Å². The Bertz CT molecular complexity index is 543. The van der Waals surface area contributed by atoms with Gasteiger partial charge in [0, 0.05) is 11.8 Å². The number of esters is 1. The van der Waals surface area contributed by atoms with Crippen LogP contribution in [-0.2, 0) is 4.74 Å². The molecule has 0 heterocycles. The van der Waals surface area contributed by atoms with Crippen LogP contribution in [0.2, 0.25) is 0 Å². The number of carbonyl (C=O) groups is 1. The number of hydrogen-bond acceptors (Lipinski definition) is 3. The van der Waals surface area contributed by atoms with Gasteiger partial charge in [-0.25, -0.2) is 4.79 Å². The van der Waals surface area contributed by atoms with Crippen molar-refractivity contribution < 1.29 is 9.53 Å². The number of hydrogen-bond donors (Lipinski definition) is 0. The van der Waals surface area contributed by atoms with Crippen molar-refractivity contribution in [3.8, 4) is 0 Å². The molecule has 92 valence electrons. The van der Waals surface area contributed by atoms with Gasteiger partial charge >= 0.3 is 5.97 Å². The highest BCUT2D eigenvalue weighted by Crippen LogP contribution is 2.30. The molecule has 0 spiro atoms. The number of benzene rings is 2. The molecule has 0 unspecified atom stereocenters. The Morgan fingerprint density at radius 1 is 1.06 bits per heavy atom. The molecule has 0 amide bonds. The normalized spacial score (nSPS) is 9.89. The molecule has 18 heavy (non-hydrogen) atoms. The van der Waals surface area contributed by atoms with Crippen molar-refractivity contribution in [3.63, 3.8) is 0 Å². The highest BCUT2D eigenvalue weighted by molar-refractivity contribution is 6.30. The van der Waals surface area contributed by atoms with E-state index in [1.165, 1.54) is 11.5 Å². The third kappa shape index (κ3) is 2.46. The fraction of sp³-hybridized carbons (Fsp3) is 0.0714. The van der Waals surface area contributed by atoms with Crippen molar-refractivity contribution in [3.05, 3.63) is 60.2 Å². The standard InChI is InChI=1S/C14H12ClNO2/c1-18-14(17)12-9-5-6-10-13(12)16(15)11-7-3-2-4-8-11/h2-10H,1H3. The van der Waals surface area contributed by atoms with Crippen molar-refractivity contribution in [2.24, 2.45) is 0 Å². The van der Waals surface area contributed by atoms with Gasteiger partial charge in [0.2, 0.25) is 0 Å². The molecule has 0 atom stereocenters. The van der Waals surface area contributed by atoms with Gasteiger partial charge in [0.15, 0.2) is 0 Å². The van der Waals surface area contributed by atoms with E-state index in [9.17, 15) is 4.79 Å². The van der Waals surface area contributed by atoms with Gasteiger partial charge in [0.05, 0.1) is 24.0 Å². The lowest BCUT2D eigenvalue weighted by Gasteiger charge is -2.18. The third-order valence-electron chi connectivity index (χ3n) is 2.50. The molecule has 2 rings (SSSR count). The quantitative estimate of drug-likeness (QED) is 0.622. The number of rotatable bonds is 3. The highest BCUT2D eigenvalue weighted by atomic mass is 35.5. The molecule has 0 aromatic heterocycles. The summed E-state index contributed by atoms with van der Waals surface area (Å²) in [7, 11) is 1.35. The summed E-state index contributed by atoms with van der Waals surface area (Å²) in [6.07, 6.45) is 0. The summed E-state index contributed by atoms with van der Waals surface area (Å²) in [5.41, 5.74) is 1.81. The van der Waals surface area contributed by atoms with E-state index in [1.807, 2.05) is 36.4 Å². The van der Waals surface area contributed by atoms with Crippen LogP contribution in [0.25, 0.3) is 0 Å². The van der Waals surface area contributed by atoms with Gasteiger partial charge in [0.1, 0.15) is 0 Å². The molecule has 0 fully saturated rings. The van der Waals surface area contributed by atoms with Gasteiger partial charge in [-0.05, 0) is 24.3 Å². The minimum absolute atomic E-state index is 0.410. The molecule has 0 bridgehead atoms. The van der Waals surface area contributed by atoms with E-state index in [0.29, 0.717) is 11.3 Å². The van der Waals surface area contributed by atoms with Gasteiger partial charge in [-0.1, -0.05) is 30.3 Å². The third-order valence-corrected chi connectivity index (χ3v) is 2.88. The summed E-state index contributed by atoms with van der Waals surface area (Å²) in [6.45, 7) is 0. The zero-order valence-corrected chi connectivity index (χ0v) is 10.6. The van der Waals surface area contributed by atoms with Gasteiger partial charge in [-0.15, -0.1) is 0 Å². The molecule has 0 radical (unpaired) electrons. The van der Waals surface area contributed by atoms with E-state index in [2.05, 4.69) is 0 Å². The Morgan fingerprint density at radius 3 is 2.33 bits per heavy atom. The van der Waals surface area contributed by atoms with Crippen LogP contribution in [0.15, 0.2) is 54.6 Å². The van der Waals surface area contributed by atoms with E-state index in [-0.39, 0.29) is 0 Å². The maximum absolute atomic E-state index is 11.7. The van der Waals surface area contributed by atoms with Crippen molar-refractivity contribution in [1.82, 2.24) is 0 Å². The largest absolute Gasteiger partial charge is 0.465 e. The Kier molecular flexibility index (Phi) is 3.85. The topological polar surface area (TPSA) is 29.5 Å². The minimum Gasteiger partial charge on any atom is -0.465 e. The van der Waals surface area contributed by atoms with Crippen LogP contribution in [0.4, 0.5) is 11.4 Å². The molecular formula is C14H12ClNO2. The average molecular weight is 262 g/mol. The van der Waals surface area contributed by atoms with Crippen LogP contribution >= 0.6 is 11.8 Å². The van der Waals surface area contributed by atoms with Gasteiger partial charge < -0.3 is 4.74 Å². The molecule has 2 aromatic rings. The lowest BCUT2D eigenvalue weighted by Crippen LogP contribution is -2.10. The first kappa shape index (κ1) is 12.5. The van der Waals surface area contributed by atoms with Crippen LogP contribution in [0.5, 0.6) is 0 Å². The molecule has 0 N–H and O–H groups in total. The Morgan fingerprint density at radius 2 is 1.67 bits per heavy atom. The van der Waals surface area contributed by atoms with Crippen molar-refractivity contribution >= 4 is 29.1 Å².